The Morgan fingerprint density at radius 3 is 0.714 bits per heavy atom. The van der Waals surface area contributed by atoms with Crippen LogP contribution in [-0.4, -0.2) is 11.2 Å². The molecule has 0 aromatic heterocycles. The monoisotopic (exact) mass is 492 g/mol. The molecule has 0 fully saturated rings. The first kappa shape index (κ1) is 22.4. The van der Waals surface area contributed by atoms with Gasteiger partial charge >= 0.3 is 111 Å². The van der Waals surface area contributed by atoms with E-state index in [1.165, 1.54) is 0 Å². The van der Waals surface area contributed by atoms with E-state index >= 15 is 0 Å². The van der Waals surface area contributed by atoms with E-state index in [2.05, 4.69) is 32.7 Å². The molecule has 0 aliphatic heterocycles. The van der Waals surface area contributed by atoms with Crippen LogP contribution in [-0.2, 0) is 99.8 Å². The molecule has 0 saturated carbocycles. The molecule has 0 aromatic carbocycles. The topological polar surface area (TPSA) is 0 Å². The van der Waals surface area contributed by atoms with Crippen molar-refractivity contribution in [2.45, 2.75) is 0 Å². The van der Waals surface area contributed by atoms with Gasteiger partial charge in [-0.05, 0) is 0 Å². The second kappa shape index (κ2) is 16.4. The minimum atomic E-state index is -1.44. The third-order valence-electron chi connectivity index (χ3n) is 0. The minimum absolute atomic E-state index is 0. The van der Waals surface area contributed by atoms with Crippen LogP contribution in [0.5, 0.6) is 0 Å². The predicted molar refractivity (Wildman–Crippen MR) is 27.8 cm³/mol. The summed E-state index contributed by atoms with van der Waals surface area (Å²) >= 11 is -1.44. The Bertz CT molecular complexity index is 14.9. The molecule has 0 aliphatic carbocycles. The molecule has 56 valence electrons. The zero-order chi connectivity index (χ0) is 3.58. The molecule has 0 nitrogen and oxygen atoms in total. The quantitative estimate of drug-likeness (QED) is 0.333. The molecule has 0 heterocycles. The van der Waals surface area contributed by atoms with Crippen LogP contribution < -0.4 is 0 Å². The molecule has 7 heavy (non-hydrogen) atoms. The maximum atomic E-state index is 4.40. The molecule has 0 rings (SSSR count). The Morgan fingerprint density at radius 2 is 0.714 bits per heavy atom. The number of hydrogen-bond acceptors (Lipinski definition) is 3. The zero-order valence-electron chi connectivity index (χ0n) is 2.58. The van der Waals surface area contributed by atoms with Gasteiger partial charge in [-0.15, -0.1) is 0 Å². The van der Waals surface area contributed by atoms with Crippen LogP contribution in [0, 0.1) is 0 Å². The predicted octanol–water partition coefficient (Wildman–Crippen LogP) is -0.396. The van der Waals surface area contributed by atoms with Crippen LogP contribution in [0.2, 0.25) is 0 Å². The Balaban J connectivity index is -0.0000000150. The van der Waals surface area contributed by atoms with E-state index in [0.29, 0.717) is 0 Å². The van der Waals surface area contributed by atoms with Gasteiger partial charge < -0.3 is 0 Å². The summed E-state index contributed by atoms with van der Waals surface area (Å²) in [7, 11) is 13.2. The van der Waals surface area contributed by atoms with Crippen LogP contribution in [0.3, 0.4) is 0 Å². The third-order valence-corrected chi connectivity index (χ3v) is 0. The van der Waals surface area contributed by atoms with Gasteiger partial charge in [-0.1, -0.05) is 0 Å². The van der Waals surface area contributed by atoms with E-state index in [0.717, 1.165) is 0 Å². The number of rotatable bonds is 0. The van der Waals surface area contributed by atoms with Crippen molar-refractivity contribution >= 4 is 43.9 Å². The molecule has 0 aliphatic rings. The van der Waals surface area contributed by atoms with Crippen molar-refractivity contribution < 1.29 is 67.1 Å². The maximum absolute atomic E-state index is 4.40. The summed E-state index contributed by atoms with van der Waals surface area (Å²) in [5.74, 6) is 0. The Hall–Kier alpha value is 3.83. The first-order valence-corrected chi connectivity index (χ1v) is 8.54. The average Bonchev–Trinajstić information content (AvgIpc) is 0.811. The SMILES string of the molecule is [Ag+].[Ag+].[Ag+].[S-][As]([S-])[S-]. The van der Waals surface area contributed by atoms with Gasteiger partial charge in [0, 0.05) is 0 Å². The van der Waals surface area contributed by atoms with Gasteiger partial charge in [0.25, 0.3) is 0 Å². The van der Waals surface area contributed by atoms with Gasteiger partial charge in [0.15, 0.2) is 0 Å². The molecule has 0 unspecified atom stereocenters. The fourth-order valence-corrected chi connectivity index (χ4v) is 0. The molecule has 0 radical (unpaired) electrons. The van der Waals surface area contributed by atoms with Gasteiger partial charge in [-0.25, -0.2) is 0 Å². The van der Waals surface area contributed by atoms with E-state index in [4.69, 9.17) is 0 Å². The van der Waals surface area contributed by atoms with E-state index in [-0.39, 0.29) is 67.1 Å². The van der Waals surface area contributed by atoms with Crippen molar-refractivity contribution in [3.8, 4) is 0 Å². The third kappa shape index (κ3) is 41.1. The van der Waals surface area contributed by atoms with Crippen LogP contribution in [0.1, 0.15) is 0 Å². The standard InChI is InChI=1S/3Ag.AsS3/c;;;2-1(3)4/q3*+1;-3. The van der Waals surface area contributed by atoms with Crippen LogP contribution in [0.4, 0.5) is 0 Å². The first-order chi connectivity index (χ1) is 1.73. The molecule has 0 aromatic rings. The van der Waals surface area contributed by atoms with Crippen LogP contribution in [0.25, 0.3) is 0 Å². The van der Waals surface area contributed by atoms with E-state index in [9.17, 15) is 0 Å². The Labute approximate surface area is 109 Å². The zero-order valence-corrected chi connectivity index (χ0v) is 11.3. The summed E-state index contributed by atoms with van der Waals surface area (Å²) in [5.41, 5.74) is 0. The second-order valence-corrected chi connectivity index (χ2v) is 10.5. The normalized spacial score (nSPS) is 5.14. The van der Waals surface area contributed by atoms with Crippen molar-refractivity contribution in [3.05, 3.63) is 0 Å². The first-order valence-electron chi connectivity index (χ1n) is 0.548. The fraction of sp³-hybridized carbons (Fsp3) is 0. The summed E-state index contributed by atoms with van der Waals surface area (Å²) in [6.45, 7) is 0. The van der Waals surface area contributed by atoms with Crippen molar-refractivity contribution in [1.82, 2.24) is 0 Å². The molecule has 0 bridgehead atoms. The molecule has 0 spiro atoms. The van der Waals surface area contributed by atoms with Gasteiger partial charge in [-0.3, -0.25) is 0 Å². The van der Waals surface area contributed by atoms with Crippen LogP contribution in [0.15, 0.2) is 0 Å². The van der Waals surface area contributed by atoms with Gasteiger partial charge in [0.1, 0.15) is 0 Å². The summed E-state index contributed by atoms with van der Waals surface area (Å²) in [4.78, 5) is 0. The summed E-state index contributed by atoms with van der Waals surface area (Å²) < 4.78 is 0. The molecule has 7 heteroatoms. The molecule has 0 saturated heterocycles. The molecule has 0 N–H and O–H groups in total. The molecule has 0 atom stereocenters. The fourth-order valence-electron chi connectivity index (χ4n) is 0. The van der Waals surface area contributed by atoms with Crippen molar-refractivity contribution in [3.63, 3.8) is 0 Å². The van der Waals surface area contributed by atoms with Gasteiger partial charge in [0.05, 0.1) is 0 Å². The van der Waals surface area contributed by atoms with E-state index < -0.39 is 11.2 Å². The molecular formula is Ag3AsS3. The summed E-state index contributed by atoms with van der Waals surface area (Å²) in [6, 6.07) is 0. The van der Waals surface area contributed by atoms with Crippen LogP contribution >= 0.6 is 0 Å². The van der Waals surface area contributed by atoms with Crippen molar-refractivity contribution in [2.75, 3.05) is 0 Å². The van der Waals surface area contributed by atoms with Gasteiger partial charge in [-0.2, -0.15) is 0 Å². The second-order valence-electron chi connectivity index (χ2n) is 0.224. The number of hydrogen-bond donors (Lipinski definition) is 0. The molecular weight excluding hydrogens is 495 g/mol. The molecule has 0 amide bonds. The van der Waals surface area contributed by atoms with Gasteiger partial charge in [0.2, 0.25) is 0 Å². The van der Waals surface area contributed by atoms with Crippen molar-refractivity contribution in [2.24, 2.45) is 0 Å². The average molecular weight is 495 g/mol. The Morgan fingerprint density at radius 1 is 0.714 bits per heavy atom. The van der Waals surface area contributed by atoms with E-state index in [1.54, 1.807) is 0 Å². The Kier molecular flexibility index (Phi) is 52.7. The summed E-state index contributed by atoms with van der Waals surface area (Å²) in [6.07, 6.45) is 0. The van der Waals surface area contributed by atoms with Crippen molar-refractivity contribution in [1.29, 1.82) is 0 Å². The summed E-state index contributed by atoms with van der Waals surface area (Å²) in [5, 5.41) is 0. The van der Waals surface area contributed by atoms with E-state index in [1.807, 2.05) is 0 Å².